The van der Waals surface area contributed by atoms with Gasteiger partial charge in [0.1, 0.15) is 5.82 Å². The number of nitrogens with one attached hydrogen (secondary N) is 1. The van der Waals surface area contributed by atoms with Crippen LogP contribution in [0.2, 0.25) is 0 Å². The molecule has 0 atom stereocenters. The minimum Gasteiger partial charge on any atom is -0.399 e. The lowest BCUT2D eigenvalue weighted by molar-refractivity contribution is -0.116. The summed E-state index contributed by atoms with van der Waals surface area (Å²) in [7, 11) is 1.86. The third-order valence-corrected chi connectivity index (χ3v) is 3.80. The van der Waals surface area contributed by atoms with Crippen LogP contribution in [0.25, 0.3) is 0 Å². The maximum Gasteiger partial charge on any atom is 0.224 e. The molecule has 0 fully saturated rings. The molecule has 0 aliphatic carbocycles. The number of nitrogens with two attached hydrogens (primary N) is 1. The number of benzene rings is 1. The predicted molar refractivity (Wildman–Crippen MR) is 82.6 cm³/mol. The molecule has 0 aliphatic rings. The molecular weight excluding hydrogens is 291 g/mol. The van der Waals surface area contributed by atoms with Crippen molar-refractivity contribution < 1.29 is 9.18 Å². The molecule has 0 aliphatic heterocycles. The first-order valence-corrected chi connectivity index (χ1v) is 7.49. The molecule has 0 unspecified atom stereocenters. The zero-order valence-corrected chi connectivity index (χ0v) is 12.5. The number of carbonyl (C=O) groups excluding carboxylic acids is 1. The zero-order chi connectivity index (χ0) is 15.2. The molecule has 21 heavy (non-hydrogen) atoms. The van der Waals surface area contributed by atoms with E-state index in [1.807, 2.05) is 13.2 Å². The lowest BCUT2D eigenvalue weighted by atomic mass is 10.2. The fourth-order valence-electron chi connectivity index (χ4n) is 1.75. The summed E-state index contributed by atoms with van der Waals surface area (Å²) in [5, 5.41) is 6.60. The number of nitrogen functional groups attached to an aromatic ring is 1. The molecule has 1 aromatic carbocycles. The van der Waals surface area contributed by atoms with Crippen LogP contribution in [0.15, 0.2) is 35.5 Å². The van der Waals surface area contributed by atoms with E-state index < -0.39 is 5.82 Å². The molecule has 0 spiro atoms. The Kier molecular flexibility index (Phi) is 5.21. The lowest BCUT2D eigenvalue weighted by Crippen LogP contribution is -2.12. The van der Waals surface area contributed by atoms with Crippen LogP contribution in [-0.2, 0) is 11.8 Å². The SMILES string of the molecule is Cn1cc(SCCCC(=O)Nc2cc(N)ccc2F)cn1. The number of carbonyl (C=O) groups is 1. The topological polar surface area (TPSA) is 72.9 Å². The second-order valence-electron chi connectivity index (χ2n) is 4.59. The number of anilines is 2. The normalized spacial score (nSPS) is 10.6. The van der Waals surface area contributed by atoms with E-state index in [-0.39, 0.29) is 11.6 Å². The molecule has 5 nitrogen and oxygen atoms in total. The van der Waals surface area contributed by atoms with Crippen molar-refractivity contribution in [1.82, 2.24) is 9.78 Å². The molecule has 0 bridgehead atoms. The zero-order valence-electron chi connectivity index (χ0n) is 11.7. The molecule has 1 amide bonds. The Labute approximate surface area is 126 Å². The number of amides is 1. The van der Waals surface area contributed by atoms with E-state index in [9.17, 15) is 9.18 Å². The van der Waals surface area contributed by atoms with Crippen LogP contribution in [0.3, 0.4) is 0 Å². The van der Waals surface area contributed by atoms with Crippen molar-refractivity contribution in [3.05, 3.63) is 36.4 Å². The van der Waals surface area contributed by atoms with E-state index >= 15 is 0 Å². The highest BCUT2D eigenvalue weighted by atomic mass is 32.2. The van der Waals surface area contributed by atoms with Crippen LogP contribution in [0, 0.1) is 5.82 Å². The van der Waals surface area contributed by atoms with Gasteiger partial charge in [-0.2, -0.15) is 5.10 Å². The molecule has 0 radical (unpaired) electrons. The van der Waals surface area contributed by atoms with E-state index in [4.69, 9.17) is 5.73 Å². The number of halogens is 1. The van der Waals surface area contributed by atoms with Gasteiger partial charge in [-0.15, -0.1) is 11.8 Å². The Morgan fingerprint density at radius 2 is 2.33 bits per heavy atom. The number of rotatable bonds is 6. The van der Waals surface area contributed by atoms with Crippen LogP contribution >= 0.6 is 11.8 Å². The molecule has 2 rings (SSSR count). The third kappa shape index (κ3) is 4.78. The number of hydrogen-bond acceptors (Lipinski definition) is 4. The van der Waals surface area contributed by atoms with Crippen molar-refractivity contribution in [2.75, 3.05) is 16.8 Å². The fraction of sp³-hybridized carbons (Fsp3) is 0.286. The maximum atomic E-state index is 13.5. The first-order valence-electron chi connectivity index (χ1n) is 6.51. The minimum atomic E-state index is -0.484. The first-order chi connectivity index (χ1) is 10.0. The molecule has 3 N–H and O–H groups in total. The van der Waals surface area contributed by atoms with Crippen molar-refractivity contribution in [2.24, 2.45) is 7.05 Å². The van der Waals surface area contributed by atoms with Crippen LogP contribution in [0.4, 0.5) is 15.8 Å². The van der Waals surface area contributed by atoms with Gasteiger partial charge in [0.25, 0.3) is 0 Å². The quantitative estimate of drug-likeness (QED) is 0.489. The summed E-state index contributed by atoms with van der Waals surface area (Å²) < 4.78 is 15.2. The second kappa shape index (κ2) is 7.12. The molecule has 0 saturated heterocycles. The Hall–Kier alpha value is -2.02. The van der Waals surface area contributed by atoms with Gasteiger partial charge in [-0.25, -0.2) is 4.39 Å². The van der Waals surface area contributed by atoms with Crippen molar-refractivity contribution in [3.8, 4) is 0 Å². The highest BCUT2D eigenvalue weighted by Crippen LogP contribution is 2.19. The smallest absolute Gasteiger partial charge is 0.224 e. The summed E-state index contributed by atoms with van der Waals surface area (Å²) in [6.07, 6.45) is 4.75. The highest BCUT2D eigenvalue weighted by Gasteiger charge is 2.07. The standard InChI is InChI=1S/C14H17FN4OS/c1-19-9-11(8-17-19)21-6-2-3-14(20)18-13-7-10(16)4-5-12(13)15/h4-5,7-9H,2-3,6,16H2,1H3,(H,18,20). The van der Waals surface area contributed by atoms with Gasteiger partial charge in [-0.05, 0) is 30.4 Å². The molecule has 1 heterocycles. The van der Waals surface area contributed by atoms with Gasteiger partial charge in [0.05, 0.1) is 11.9 Å². The highest BCUT2D eigenvalue weighted by molar-refractivity contribution is 7.99. The van der Waals surface area contributed by atoms with Crippen LogP contribution in [-0.4, -0.2) is 21.4 Å². The fourth-order valence-corrected chi connectivity index (χ4v) is 2.62. The van der Waals surface area contributed by atoms with Gasteiger partial charge in [-0.1, -0.05) is 0 Å². The first kappa shape index (κ1) is 15.4. The lowest BCUT2D eigenvalue weighted by Gasteiger charge is -2.07. The van der Waals surface area contributed by atoms with Crippen molar-refractivity contribution >= 4 is 29.0 Å². The average Bonchev–Trinajstić information content (AvgIpc) is 2.85. The van der Waals surface area contributed by atoms with Gasteiger partial charge in [-0.3, -0.25) is 9.48 Å². The monoisotopic (exact) mass is 308 g/mol. The van der Waals surface area contributed by atoms with Crippen molar-refractivity contribution in [2.45, 2.75) is 17.7 Å². The molecule has 112 valence electrons. The van der Waals surface area contributed by atoms with Gasteiger partial charge < -0.3 is 11.1 Å². The number of aromatic nitrogens is 2. The summed E-state index contributed by atoms with van der Waals surface area (Å²) in [5.74, 6) is 0.104. The van der Waals surface area contributed by atoms with Crippen LogP contribution < -0.4 is 11.1 Å². The van der Waals surface area contributed by atoms with E-state index in [2.05, 4.69) is 10.4 Å². The van der Waals surface area contributed by atoms with Gasteiger partial charge in [0.15, 0.2) is 0 Å². The van der Waals surface area contributed by atoms with Gasteiger partial charge in [0.2, 0.25) is 5.91 Å². The molecule has 0 saturated carbocycles. The Morgan fingerprint density at radius 1 is 1.52 bits per heavy atom. The molecule has 2 aromatic rings. The van der Waals surface area contributed by atoms with Crippen molar-refractivity contribution in [3.63, 3.8) is 0 Å². The Bertz CT molecular complexity index is 629. The molecule has 7 heteroatoms. The number of aryl methyl sites for hydroxylation is 1. The van der Waals surface area contributed by atoms with Crippen LogP contribution in [0.1, 0.15) is 12.8 Å². The molecular formula is C14H17FN4OS. The van der Waals surface area contributed by atoms with Crippen LogP contribution in [0.5, 0.6) is 0 Å². The third-order valence-electron chi connectivity index (χ3n) is 2.76. The Balaban J connectivity index is 1.73. The minimum absolute atomic E-state index is 0.125. The van der Waals surface area contributed by atoms with Crippen molar-refractivity contribution in [1.29, 1.82) is 0 Å². The summed E-state index contributed by atoms with van der Waals surface area (Å²) in [4.78, 5) is 12.8. The summed E-state index contributed by atoms with van der Waals surface area (Å²) in [6, 6.07) is 4.11. The summed E-state index contributed by atoms with van der Waals surface area (Å²) >= 11 is 1.64. The summed E-state index contributed by atoms with van der Waals surface area (Å²) in [5.41, 5.74) is 6.10. The Morgan fingerprint density at radius 3 is 3.05 bits per heavy atom. The number of thioether (sulfide) groups is 1. The average molecular weight is 308 g/mol. The maximum absolute atomic E-state index is 13.5. The second-order valence-corrected chi connectivity index (χ2v) is 5.76. The van der Waals surface area contributed by atoms with E-state index in [0.29, 0.717) is 18.5 Å². The number of hydrogen-bond donors (Lipinski definition) is 2. The van der Waals surface area contributed by atoms with E-state index in [1.165, 1.54) is 18.2 Å². The molecule has 1 aromatic heterocycles. The predicted octanol–water partition coefficient (Wildman–Crippen LogP) is 2.65. The number of nitrogens with zero attached hydrogens (tertiary/aromatic N) is 2. The van der Waals surface area contributed by atoms with E-state index in [1.54, 1.807) is 22.6 Å². The summed E-state index contributed by atoms with van der Waals surface area (Å²) in [6.45, 7) is 0. The van der Waals surface area contributed by atoms with Gasteiger partial charge in [0, 0.05) is 30.2 Å². The largest absolute Gasteiger partial charge is 0.399 e. The van der Waals surface area contributed by atoms with Gasteiger partial charge >= 0.3 is 0 Å². The van der Waals surface area contributed by atoms with E-state index in [0.717, 1.165) is 10.6 Å².